The number of carbonyl (C=O) groups excluding carboxylic acids is 1. The lowest BCUT2D eigenvalue weighted by molar-refractivity contribution is 0.102. The highest BCUT2D eigenvalue weighted by atomic mass is 79.9. The van der Waals surface area contributed by atoms with Gasteiger partial charge in [-0.1, -0.05) is 22.0 Å². The number of hydrogen-bond acceptors (Lipinski definition) is 2. The Balaban J connectivity index is 2.30. The third-order valence-electron chi connectivity index (χ3n) is 2.68. The third kappa shape index (κ3) is 3.36. The van der Waals surface area contributed by atoms with Gasteiger partial charge < -0.3 is 11.1 Å². The number of amides is 1. The Morgan fingerprint density at radius 3 is 2.63 bits per heavy atom. The number of anilines is 2. The van der Waals surface area contributed by atoms with E-state index in [1.54, 1.807) is 18.2 Å². The number of nitrogen functional groups attached to an aromatic ring is 1. The van der Waals surface area contributed by atoms with Crippen molar-refractivity contribution in [2.75, 3.05) is 11.1 Å². The summed E-state index contributed by atoms with van der Waals surface area (Å²) in [6.45, 7) is 1.92. The van der Waals surface area contributed by atoms with Crippen LogP contribution >= 0.6 is 31.9 Å². The van der Waals surface area contributed by atoms with E-state index < -0.39 is 0 Å². The number of nitrogens with two attached hydrogens (primary N) is 1. The van der Waals surface area contributed by atoms with Gasteiger partial charge in [0.1, 0.15) is 0 Å². The molecule has 98 valence electrons. The number of halogens is 2. The maximum Gasteiger partial charge on any atom is 0.256 e. The molecular formula is C14H12Br2N2O. The van der Waals surface area contributed by atoms with Crippen molar-refractivity contribution in [1.29, 1.82) is 0 Å². The van der Waals surface area contributed by atoms with Crippen LogP contribution in [0, 0.1) is 6.92 Å². The van der Waals surface area contributed by atoms with E-state index in [0.29, 0.717) is 11.3 Å². The van der Waals surface area contributed by atoms with Crippen LogP contribution in [0.3, 0.4) is 0 Å². The van der Waals surface area contributed by atoms with Gasteiger partial charge in [-0.2, -0.15) is 0 Å². The van der Waals surface area contributed by atoms with Gasteiger partial charge in [0.2, 0.25) is 0 Å². The van der Waals surface area contributed by atoms with Crippen LogP contribution in [-0.2, 0) is 0 Å². The molecule has 3 N–H and O–H groups in total. The molecule has 0 atom stereocenters. The number of nitrogens with one attached hydrogen (secondary N) is 1. The Morgan fingerprint density at radius 1 is 1.16 bits per heavy atom. The summed E-state index contributed by atoms with van der Waals surface area (Å²) in [6.07, 6.45) is 0. The maximum atomic E-state index is 12.2. The van der Waals surface area contributed by atoms with Crippen LogP contribution in [-0.4, -0.2) is 5.91 Å². The van der Waals surface area contributed by atoms with Crippen LogP contribution in [0.4, 0.5) is 11.4 Å². The molecule has 19 heavy (non-hydrogen) atoms. The molecule has 1 amide bonds. The van der Waals surface area contributed by atoms with Crippen molar-refractivity contribution in [2.45, 2.75) is 6.92 Å². The summed E-state index contributed by atoms with van der Waals surface area (Å²) in [4.78, 5) is 12.2. The second-order valence-electron chi connectivity index (χ2n) is 4.15. The van der Waals surface area contributed by atoms with Crippen LogP contribution in [0.5, 0.6) is 0 Å². The lowest BCUT2D eigenvalue weighted by Crippen LogP contribution is -2.13. The summed E-state index contributed by atoms with van der Waals surface area (Å²) < 4.78 is 1.60. The second kappa shape index (κ2) is 5.75. The molecule has 0 aromatic heterocycles. The largest absolute Gasteiger partial charge is 0.399 e. The van der Waals surface area contributed by atoms with Gasteiger partial charge in [-0.05, 0) is 58.7 Å². The summed E-state index contributed by atoms with van der Waals surface area (Å²) in [7, 11) is 0. The molecule has 0 aliphatic heterocycles. The first-order valence-electron chi connectivity index (χ1n) is 5.60. The first kappa shape index (κ1) is 14.1. The molecule has 0 aliphatic carbocycles. The van der Waals surface area contributed by atoms with Crippen molar-refractivity contribution in [3.05, 3.63) is 56.5 Å². The Labute approximate surface area is 128 Å². The third-order valence-corrected chi connectivity index (χ3v) is 3.87. The molecule has 2 aromatic carbocycles. The highest BCUT2D eigenvalue weighted by Gasteiger charge is 2.12. The highest BCUT2D eigenvalue weighted by Crippen LogP contribution is 2.24. The van der Waals surface area contributed by atoms with E-state index in [-0.39, 0.29) is 5.91 Å². The Bertz CT molecular complexity index is 641. The lowest BCUT2D eigenvalue weighted by Gasteiger charge is -2.10. The number of benzene rings is 2. The quantitative estimate of drug-likeness (QED) is 0.757. The second-order valence-corrected chi connectivity index (χ2v) is 5.92. The molecular weight excluding hydrogens is 372 g/mol. The smallest absolute Gasteiger partial charge is 0.256 e. The van der Waals surface area contributed by atoms with Gasteiger partial charge in [0.05, 0.1) is 5.56 Å². The first-order chi connectivity index (χ1) is 8.97. The predicted molar refractivity (Wildman–Crippen MR) is 85.4 cm³/mol. The van der Waals surface area contributed by atoms with Crippen LogP contribution in [0.15, 0.2) is 45.3 Å². The van der Waals surface area contributed by atoms with E-state index in [2.05, 4.69) is 37.2 Å². The average Bonchev–Trinajstić information content (AvgIpc) is 2.36. The van der Waals surface area contributed by atoms with Gasteiger partial charge >= 0.3 is 0 Å². The molecule has 0 spiro atoms. The Hall–Kier alpha value is -1.33. The average molecular weight is 384 g/mol. The molecule has 0 heterocycles. The van der Waals surface area contributed by atoms with Gasteiger partial charge in [-0.25, -0.2) is 0 Å². The first-order valence-corrected chi connectivity index (χ1v) is 7.18. The minimum Gasteiger partial charge on any atom is -0.399 e. The van der Waals surface area contributed by atoms with Crippen LogP contribution in [0.1, 0.15) is 15.9 Å². The SMILES string of the molecule is Cc1ccc(N)cc1NC(=O)c1cc(Br)ccc1Br. The zero-order chi connectivity index (χ0) is 14.0. The molecule has 0 aliphatic rings. The molecule has 0 saturated heterocycles. The van der Waals surface area contributed by atoms with E-state index in [1.807, 2.05) is 25.1 Å². The van der Waals surface area contributed by atoms with Gasteiger partial charge in [-0.15, -0.1) is 0 Å². The van der Waals surface area contributed by atoms with Crippen molar-refractivity contribution in [1.82, 2.24) is 0 Å². The van der Waals surface area contributed by atoms with Gasteiger partial charge in [-0.3, -0.25) is 4.79 Å². The Kier molecular flexibility index (Phi) is 4.27. The molecule has 0 unspecified atom stereocenters. The van der Waals surface area contributed by atoms with Crippen molar-refractivity contribution >= 4 is 49.1 Å². The number of hydrogen-bond donors (Lipinski definition) is 2. The number of rotatable bonds is 2. The Morgan fingerprint density at radius 2 is 1.89 bits per heavy atom. The van der Waals surface area contributed by atoms with Crippen molar-refractivity contribution in [2.24, 2.45) is 0 Å². The van der Waals surface area contributed by atoms with E-state index >= 15 is 0 Å². The van der Waals surface area contributed by atoms with E-state index in [4.69, 9.17) is 5.73 Å². The number of carbonyl (C=O) groups is 1. The van der Waals surface area contributed by atoms with Crippen molar-refractivity contribution < 1.29 is 4.79 Å². The fraction of sp³-hybridized carbons (Fsp3) is 0.0714. The van der Waals surface area contributed by atoms with E-state index in [0.717, 1.165) is 20.2 Å². The van der Waals surface area contributed by atoms with Crippen molar-refractivity contribution in [3.63, 3.8) is 0 Å². The molecule has 0 saturated carbocycles. The molecule has 0 bridgehead atoms. The molecule has 2 aromatic rings. The minimum atomic E-state index is -0.179. The normalized spacial score (nSPS) is 10.3. The van der Waals surface area contributed by atoms with Gasteiger partial charge in [0.25, 0.3) is 5.91 Å². The van der Waals surface area contributed by atoms with Crippen LogP contribution in [0.25, 0.3) is 0 Å². The summed E-state index contributed by atoms with van der Waals surface area (Å²) in [5.74, 6) is -0.179. The van der Waals surface area contributed by atoms with Crippen molar-refractivity contribution in [3.8, 4) is 0 Å². The summed E-state index contributed by atoms with van der Waals surface area (Å²) in [6, 6.07) is 10.9. The lowest BCUT2D eigenvalue weighted by atomic mass is 10.1. The molecule has 0 radical (unpaired) electrons. The maximum absolute atomic E-state index is 12.2. The monoisotopic (exact) mass is 382 g/mol. The molecule has 3 nitrogen and oxygen atoms in total. The van der Waals surface area contributed by atoms with Crippen LogP contribution < -0.4 is 11.1 Å². The van der Waals surface area contributed by atoms with E-state index in [9.17, 15) is 4.79 Å². The topological polar surface area (TPSA) is 55.1 Å². The van der Waals surface area contributed by atoms with E-state index in [1.165, 1.54) is 0 Å². The van der Waals surface area contributed by atoms with Crippen LogP contribution in [0.2, 0.25) is 0 Å². The molecule has 0 fully saturated rings. The zero-order valence-electron chi connectivity index (χ0n) is 10.2. The zero-order valence-corrected chi connectivity index (χ0v) is 13.4. The van der Waals surface area contributed by atoms with Gasteiger partial charge in [0, 0.05) is 20.3 Å². The molecule has 2 rings (SSSR count). The fourth-order valence-electron chi connectivity index (χ4n) is 1.64. The summed E-state index contributed by atoms with van der Waals surface area (Å²) in [5.41, 5.74) is 8.60. The summed E-state index contributed by atoms with van der Waals surface area (Å²) >= 11 is 6.73. The minimum absolute atomic E-state index is 0.179. The number of aryl methyl sites for hydroxylation is 1. The van der Waals surface area contributed by atoms with Gasteiger partial charge in [0.15, 0.2) is 0 Å². The highest BCUT2D eigenvalue weighted by molar-refractivity contribution is 9.11. The summed E-state index contributed by atoms with van der Waals surface area (Å²) in [5, 5.41) is 2.87. The predicted octanol–water partition coefficient (Wildman–Crippen LogP) is 4.35. The standard InChI is InChI=1S/C14H12Br2N2O/c1-8-2-4-10(17)7-13(8)18-14(19)11-6-9(15)3-5-12(11)16/h2-7H,17H2,1H3,(H,18,19). The molecule has 5 heteroatoms. The fourth-order valence-corrected chi connectivity index (χ4v) is 2.42.